The van der Waals surface area contributed by atoms with Crippen molar-refractivity contribution in [1.82, 2.24) is 15.1 Å². The molecule has 94 valence electrons. The van der Waals surface area contributed by atoms with Gasteiger partial charge in [0.25, 0.3) is 0 Å². The molecule has 2 heterocycles. The van der Waals surface area contributed by atoms with Crippen LogP contribution in [0, 0.1) is 0 Å². The molecule has 6 heteroatoms. The molecule has 4 nitrogen and oxygen atoms in total. The van der Waals surface area contributed by atoms with Gasteiger partial charge in [-0.05, 0) is 26.4 Å². The fourth-order valence-electron chi connectivity index (χ4n) is 1.98. The van der Waals surface area contributed by atoms with Gasteiger partial charge < -0.3 is 9.64 Å². The molecule has 2 rings (SSSR count). The van der Waals surface area contributed by atoms with Crippen molar-refractivity contribution in [3.8, 4) is 5.75 Å². The molecule has 1 atom stereocenters. The van der Waals surface area contributed by atoms with Gasteiger partial charge in [-0.2, -0.15) is 0 Å². The normalized spacial score (nSPS) is 21.5. The summed E-state index contributed by atoms with van der Waals surface area (Å²) in [5.74, 6) is 0.505. The SMILES string of the molecule is CN1CCCCC1COc1cc(Cl)nnc1Cl. The van der Waals surface area contributed by atoms with Crippen LogP contribution in [0.4, 0.5) is 0 Å². The lowest BCUT2D eigenvalue weighted by molar-refractivity contribution is 0.125. The molecule has 0 bridgehead atoms. The van der Waals surface area contributed by atoms with Gasteiger partial charge in [0.1, 0.15) is 6.61 Å². The Balaban J connectivity index is 1.94. The highest BCUT2D eigenvalue weighted by atomic mass is 35.5. The number of hydrogen-bond donors (Lipinski definition) is 0. The van der Waals surface area contributed by atoms with Crippen LogP contribution in [-0.2, 0) is 0 Å². The molecule has 1 fully saturated rings. The molecule has 1 saturated heterocycles. The minimum absolute atomic E-state index is 0.257. The van der Waals surface area contributed by atoms with E-state index < -0.39 is 0 Å². The second-order valence-corrected chi connectivity index (χ2v) is 5.01. The first-order valence-corrected chi connectivity index (χ1v) is 6.44. The van der Waals surface area contributed by atoms with Gasteiger partial charge in [-0.25, -0.2) is 0 Å². The van der Waals surface area contributed by atoms with E-state index in [1.54, 1.807) is 6.07 Å². The van der Waals surface area contributed by atoms with Gasteiger partial charge in [-0.1, -0.05) is 29.6 Å². The van der Waals surface area contributed by atoms with Gasteiger partial charge in [-0.15, -0.1) is 10.2 Å². The number of piperidine rings is 1. The molecule has 0 aromatic carbocycles. The summed E-state index contributed by atoms with van der Waals surface area (Å²) >= 11 is 11.6. The van der Waals surface area contributed by atoms with Crippen molar-refractivity contribution in [3.63, 3.8) is 0 Å². The number of halogens is 2. The molecule has 0 radical (unpaired) electrons. The quantitative estimate of drug-likeness (QED) is 0.850. The number of likely N-dealkylation sites (tertiary alicyclic amines) is 1. The van der Waals surface area contributed by atoms with Crippen molar-refractivity contribution < 1.29 is 4.74 Å². The summed E-state index contributed by atoms with van der Waals surface area (Å²) in [6.07, 6.45) is 3.66. The van der Waals surface area contributed by atoms with Crippen molar-refractivity contribution in [2.75, 3.05) is 20.2 Å². The van der Waals surface area contributed by atoms with E-state index in [-0.39, 0.29) is 5.15 Å². The Labute approximate surface area is 111 Å². The molecule has 0 N–H and O–H groups in total. The van der Waals surface area contributed by atoms with E-state index in [0.717, 1.165) is 13.0 Å². The van der Waals surface area contributed by atoms with E-state index in [1.165, 1.54) is 12.8 Å². The summed E-state index contributed by atoms with van der Waals surface area (Å²) in [5, 5.41) is 7.90. The molecule has 1 aromatic heterocycles. The van der Waals surface area contributed by atoms with E-state index >= 15 is 0 Å². The summed E-state index contributed by atoms with van der Waals surface area (Å²) in [7, 11) is 2.12. The van der Waals surface area contributed by atoms with E-state index in [2.05, 4.69) is 22.1 Å². The lowest BCUT2D eigenvalue weighted by Gasteiger charge is -2.32. The summed E-state index contributed by atoms with van der Waals surface area (Å²) in [5.41, 5.74) is 0. The highest BCUT2D eigenvalue weighted by Crippen LogP contribution is 2.24. The van der Waals surface area contributed by atoms with Crippen LogP contribution in [0.3, 0.4) is 0 Å². The van der Waals surface area contributed by atoms with Crippen LogP contribution in [0.5, 0.6) is 5.75 Å². The zero-order valence-corrected chi connectivity index (χ0v) is 11.2. The molecule has 1 aliphatic heterocycles. The molecule has 0 aliphatic carbocycles. The molecule has 1 aromatic rings. The fourth-order valence-corrected chi connectivity index (χ4v) is 2.26. The molecule has 0 saturated carbocycles. The fraction of sp³-hybridized carbons (Fsp3) is 0.636. The second-order valence-electron chi connectivity index (χ2n) is 4.26. The topological polar surface area (TPSA) is 38.2 Å². The Kier molecular flexibility index (Phi) is 4.42. The Hall–Kier alpha value is -0.580. The van der Waals surface area contributed by atoms with Crippen molar-refractivity contribution in [2.45, 2.75) is 25.3 Å². The minimum Gasteiger partial charge on any atom is -0.489 e. The Morgan fingerprint density at radius 1 is 1.41 bits per heavy atom. The number of hydrogen-bond acceptors (Lipinski definition) is 4. The maximum atomic E-state index is 5.88. The summed E-state index contributed by atoms with van der Waals surface area (Å²) < 4.78 is 5.67. The number of likely N-dealkylation sites (N-methyl/N-ethyl adjacent to an activating group) is 1. The van der Waals surface area contributed by atoms with Crippen LogP contribution in [0.2, 0.25) is 10.3 Å². The average molecular weight is 276 g/mol. The highest BCUT2D eigenvalue weighted by molar-refractivity contribution is 6.32. The van der Waals surface area contributed by atoms with Crippen LogP contribution < -0.4 is 4.74 Å². The minimum atomic E-state index is 0.257. The van der Waals surface area contributed by atoms with Gasteiger partial charge in [0.05, 0.1) is 0 Å². The van der Waals surface area contributed by atoms with Crippen LogP contribution in [0.1, 0.15) is 19.3 Å². The van der Waals surface area contributed by atoms with Gasteiger partial charge in [0.2, 0.25) is 0 Å². The number of aromatic nitrogens is 2. The summed E-state index contributed by atoms with van der Waals surface area (Å²) in [4.78, 5) is 2.31. The lowest BCUT2D eigenvalue weighted by Crippen LogP contribution is -2.40. The first kappa shape index (κ1) is 12.9. The first-order valence-electron chi connectivity index (χ1n) is 5.68. The number of ether oxygens (including phenoxy) is 1. The molecule has 17 heavy (non-hydrogen) atoms. The highest BCUT2D eigenvalue weighted by Gasteiger charge is 2.20. The Morgan fingerprint density at radius 3 is 3.00 bits per heavy atom. The average Bonchev–Trinajstić information content (AvgIpc) is 2.32. The van der Waals surface area contributed by atoms with E-state index in [0.29, 0.717) is 23.6 Å². The molecule has 0 spiro atoms. The van der Waals surface area contributed by atoms with E-state index in [9.17, 15) is 0 Å². The van der Waals surface area contributed by atoms with Crippen LogP contribution in [0.15, 0.2) is 6.07 Å². The van der Waals surface area contributed by atoms with Gasteiger partial charge in [0.15, 0.2) is 16.1 Å². The summed E-state index contributed by atoms with van der Waals surface area (Å²) in [6, 6.07) is 2.03. The molecular weight excluding hydrogens is 261 g/mol. The molecule has 1 unspecified atom stereocenters. The van der Waals surface area contributed by atoms with Gasteiger partial charge >= 0.3 is 0 Å². The monoisotopic (exact) mass is 275 g/mol. The third-order valence-electron chi connectivity index (χ3n) is 3.04. The second kappa shape index (κ2) is 5.85. The number of rotatable bonds is 3. The standard InChI is InChI=1S/C11H15Cl2N3O/c1-16-5-3-2-4-8(16)7-17-9-6-10(12)14-15-11(9)13/h6,8H,2-5,7H2,1H3. The Bertz CT molecular complexity index is 389. The first-order chi connectivity index (χ1) is 8.16. The maximum Gasteiger partial charge on any atom is 0.193 e. The largest absolute Gasteiger partial charge is 0.489 e. The van der Waals surface area contributed by atoms with Crippen LogP contribution in [0.25, 0.3) is 0 Å². The lowest BCUT2D eigenvalue weighted by atomic mass is 10.0. The zero-order chi connectivity index (χ0) is 12.3. The third kappa shape index (κ3) is 3.44. The van der Waals surface area contributed by atoms with Crippen molar-refractivity contribution >= 4 is 23.2 Å². The molecular formula is C11H15Cl2N3O. The third-order valence-corrected chi connectivity index (χ3v) is 3.49. The van der Waals surface area contributed by atoms with E-state index in [4.69, 9.17) is 27.9 Å². The van der Waals surface area contributed by atoms with Crippen LogP contribution in [-0.4, -0.2) is 41.3 Å². The van der Waals surface area contributed by atoms with Crippen molar-refractivity contribution in [2.24, 2.45) is 0 Å². The molecule has 1 aliphatic rings. The van der Waals surface area contributed by atoms with Gasteiger partial charge in [0, 0.05) is 12.1 Å². The predicted octanol–water partition coefficient (Wildman–Crippen LogP) is 2.65. The van der Waals surface area contributed by atoms with Crippen molar-refractivity contribution in [1.29, 1.82) is 0 Å². The zero-order valence-electron chi connectivity index (χ0n) is 9.70. The Morgan fingerprint density at radius 2 is 2.24 bits per heavy atom. The van der Waals surface area contributed by atoms with Crippen LogP contribution >= 0.6 is 23.2 Å². The van der Waals surface area contributed by atoms with Crippen molar-refractivity contribution in [3.05, 3.63) is 16.4 Å². The smallest absolute Gasteiger partial charge is 0.193 e. The number of nitrogens with zero attached hydrogens (tertiary/aromatic N) is 3. The maximum absolute atomic E-state index is 5.88. The van der Waals surface area contributed by atoms with Gasteiger partial charge in [-0.3, -0.25) is 0 Å². The predicted molar refractivity (Wildman–Crippen MR) is 67.8 cm³/mol. The summed E-state index contributed by atoms with van der Waals surface area (Å²) in [6.45, 7) is 1.73. The van der Waals surface area contributed by atoms with E-state index in [1.807, 2.05) is 0 Å². The molecule has 0 amide bonds.